The predicted octanol–water partition coefficient (Wildman–Crippen LogP) is 0.459. The summed E-state index contributed by atoms with van der Waals surface area (Å²) in [6, 6.07) is 0. The van der Waals surface area contributed by atoms with Crippen LogP contribution in [0.1, 0.15) is 26.2 Å². The molecule has 4 heteroatoms. The molecule has 1 aliphatic carbocycles. The summed E-state index contributed by atoms with van der Waals surface area (Å²) in [5.74, 6) is 0.668. The summed E-state index contributed by atoms with van der Waals surface area (Å²) in [5, 5.41) is 13.4. The normalized spacial score (nSPS) is 25.8. The van der Waals surface area contributed by atoms with E-state index in [1.54, 1.807) is 0 Å². The van der Waals surface area contributed by atoms with Crippen LogP contribution in [-0.4, -0.2) is 61.5 Å². The Kier molecular flexibility index (Phi) is 4.79. The third kappa shape index (κ3) is 3.41. The molecule has 100 valence electrons. The summed E-state index contributed by atoms with van der Waals surface area (Å²) in [4.78, 5) is 2.43. The smallest absolute Gasteiger partial charge is 0.0628 e. The number of ether oxygens (including phenoxy) is 1. The van der Waals surface area contributed by atoms with Gasteiger partial charge in [0.15, 0.2) is 0 Å². The first-order chi connectivity index (χ1) is 8.30. The summed E-state index contributed by atoms with van der Waals surface area (Å²) in [7, 11) is 0. The Morgan fingerprint density at radius 3 is 2.59 bits per heavy atom. The maximum Gasteiger partial charge on any atom is 0.0628 e. The van der Waals surface area contributed by atoms with Gasteiger partial charge in [-0.3, -0.25) is 4.90 Å². The first kappa shape index (κ1) is 13.3. The van der Waals surface area contributed by atoms with Gasteiger partial charge in [0.1, 0.15) is 0 Å². The van der Waals surface area contributed by atoms with Gasteiger partial charge in [0.25, 0.3) is 0 Å². The molecule has 2 fully saturated rings. The number of nitrogens with zero attached hydrogens (tertiary/aromatic N) is 1. The van der Waals surface area contributed by atoms with Crippen LogP contribution in [0, 0.1) is 5.92 Å². The average molecular weight is 242 g/mol. The van der Waals surface area contributed by atoms with E-state index in [1.807, 2.05) is 0 Å². The van der Waals surface area contributed by atoms with Crippen molar-refractivity contribution < 1.29 is 9.84 Å². The van der Waals surface area contributed by atoms with Crippen LogP contribution in [0.5, 0.6) is 0 Å². The van der Waals surface area contributed by atoms with Crippen molar-refractivity contribution in [3.63, 3.8) is 0 Å². The molecule has 1 atom stereocenters. The minimum atomic E-state index is -0.0622. The number of rotatable bonds is 7. The molecule has 1 saturated heterocycles. The van der Waals surface area contributed by atoms with Crippen LogP contribution >= 0.6 is 0 Å². The van der Waals surface area contributed by atoms with Crippen molar-refractivity contribution in [3.05, 3.63) is 0 Å². The Morgan fingerprint density at radius 1 is 1.35 bits per heavy atom. The fourth-order valence-electron chi connectivity index (χ4n) is 2.73. The van der Waals surface area contributed by atoms with Gasteiger partial charge in [0.2, 0.25) is 0 Å². The zero-order valence-corrected chi connectivity index (χ0v) is 11.0. The first-order valence-electron chi connectivity index (χ1n) is 6.97. The summed E-state index contributed by atoms with van der Waals surface area (Å²) in [6.07, 6.45) is 3.65. The zero-order chi connectivity index (χ0) is 12.1. The van der Waals surface area contributed by atoms with Crippen molar-refractivity contribution >= 4 is 0 Å². The van der Waals surface area contributed by atoms with Gasteiger partial charge in [0.05, 0.1) is 25.4 Å². The highest BCUT2D eigenvalue weighted by Gasteiger charge is 2.45. The van der Waals surface area contributed by atoms with E-state index in [0.29, 0.717) is 5.92 Å². The molecule has 0 aromatic heterocycles. The second-order valence-corrected chi connectivity index (χ2v) is 5.40. The number of aliphatic hydroxyl groups is 1. The van der Waals surface area contributed by atoms with E-state index in [4.69, 9.17) is 4.74 Å². The molecule has 0 spiro atoms. The molecule has 0 bridgehead atoms. The van der Waals surface area contributed by atoms with Crippen molar-refractivity contribution in [2.75, 3.05) is 46.0 Å². The number of aliphatic hydroxyl groups excluding tert-OH is 1. The van der Waals surface area contributed by atoms with Crippen molar-refractivity contribution in [1.29, 1.82) is 0 Å². The van der Waals surface area contributed by atoms with E-state index in [1.165, 1.54) is 12.8 Å². The third-order valence-electron chi connectivity index (χ3n) is 3.98. The summed E-state index contributed by atoms with van der Waals surface area (Å²) >= 11 is 0. The van der Waals surface area contributed by atoms with Gasteiger partial charge >= 0.3 is 0 Å². The average Bonchev–Trinajstić information content (AvgIpc) is 3.20. The molecular weight excluding hydrogens is 216 g/mol. The van der Waals surface area contributed by atoms with Gasteiger partial charge in [-0.05, 0) is 31.7 Å². The number of nitrogens with one attached hydrogen (secondary N) is 1. The Hall–Kier alpha value is -0.160. The highest BCUT2D eigenvalue weighted by Crippen LogP contribution is 2.40. The molecule has 2 rings (SSSR count). The van der Waals surface area contributed by atoms with Crippen molar-refractivity contribution in [1.82, 2.24) is 10.2 Å². The lowest BCUT2D eigenvalue weighted by Gasteiger charge is -2.39. The summed E-state index contributed by atoms with van der Waals surface area (Å²) < 4.78 is 5.38. The van der Waals surface area contributed by atoms with Crippen molar-refractivity contribution in [3.8, 4) is 0 Å². The summed E-state index contributed by atoms with van der Waals surface area (Å²) in [5.41, 5.74) is -0.0622. The van der Waals surface area contributed by atoms with E-state index in [-0.39, 0.29) is 12.1 Å². The predicted molar refractivity (Wildman–Crippen MR) is 68.1 cm³/mol. The first-order valence-corrected chi connectivity index (χ1v) is 6.97. The van der Waals surface area contributed by atoms with Crippen LogP contribution in [0.2, 0.25) is 0 Å². The van der Waals surface area contributed by atoms with Gasteiger partial charge in [-0.25, -0.2) is 0 Å². The highest BCUT2D eigenvalue weighted by atomic mass is 16.5. The number of hydrogen-bond donors (Lipinski definition) is 2. The van der Waals surface area contributed by atoms with Crippen LogP contribution in [0.15, 0.2) is 0 Å². The lowest BCUT2D eigenvalue weighted by atomic mass is 9.92. The Labute approximate surface area is 104 Å². The minimum absolute atomic E-state index is 0.0622. The zero-order valence-electron chi connectivity index (χ0n) is 11.0. The Bertz CT molecular complexity index is 227. The van der Waals surface area contributed by atoms with Crippen LogP contribution in [0.4, 0.5) is 0 Å². The van der Waals surface area contributed by atoms with Crippen LogP contribution in [0.25, 0.3) is 0 Å². The second kappa shape index (κ2) is 6.14. The van der Waals surface area contributed by atoms with Crippen molar-refractivity contribution in [2.45, 2.75) is 31.7 Å². The van der Waals surface area contributed by atoms with E-state index < -0.39 is 0 Å². The molecule has 0 aromatic carbocycles. The van der Waals surface area contributed by atoms with Gasteiger partial charge < -0.3 is 15.2 Å². The van der Waals surface area contributed by atoms with Crippen LogP contribution in [-0.2, 0) is 4.74 Å². The number of morpholine rings is 1. The van der Waals surface area contributed by atoms with Gasteiger partial charge in [-0.1, -0.05) is 6.92 Å². The lowest BCUT2D eigenvalue weighted by Crippen LogP contribution is -2.59. The third-order valence-corrected chi connectivity index (χ3v) is 3.98. The van der Waals surface area contributed by atoms with Crippen molar-refractivity contribution in [2.24, 2.45) is 5.92 Å². The molecule has 0 amide bonds. The van der Waals surface area contributed by atoms with E-state index in [0.717, 1.165) is 45.8 Å². The van der Waals surface area contributed by atoms with E-state index in [2.05, 4.69) is 17.1 Å². The van der Waals surface area contributed by atoms with Gasteiger partial charge in [-0.2, -0.15) is 0 Å². The molecule has 0 aromatic rings. The van der Waals surface area contributed by atoms with Crippen LogP contribution < -0.4 is 5.32 Å². The molecule has 17 heavy (non-hydrogen) atoms. The Morgan fingerprint density at radius 2 is 2.06 bits per heavy atom. The van der Waals surface area contributed by atoms with Gasteiger partial charge in [0, 0.05) is 19.6 Å². The molecule has 2 aliphatic rings. The monoisotopic (exact) mass is 242 g/mol. The van der Waals surface area contributed by atoms with E-state index >= 15 is 0 Å². The maximum absolute atomic E-state index is 9.82. The molecule has 0 radical (unpaired) electrons. The standard InChI is InChI=1S/C13H26N2O2/c1-2-5-14-13(11-16,12-3-4-12)10-15-6-8-17-9-7-15/h12,14,16H,2-11H2,1H3. The fraction of sp³-hybridized carbons (Fsp3) is 1.00. The second-order valence-electron chi connectivity index (χ2n) is 5.40. The van der Waals surface area contributed by atoms with Gasteiger partial charge in [-0.15, -0.1) is 0 Å². The van der Waals surface area contributed by atoms with Crippen LogP contribution in [0.3, 0.4) is 0 Å². The largest absolute Gasteiger partial charge is 0.394 e. The molecular formula is C13H26N2O2. The fourth-order valence-corrected chi connectivity index (χ4v) is 2.73. The maximum atomic E-state index is 9.82. The lowest BCUT2D eigenvalue weighted by molar-refractivity contribution is 0.00950. The Balaban J connectivity index is 1.92. The molecule has 1 aliphatic heterocycles. The SMILES string of the molecule is CCCNC(CO)(CN1CCOCC1)C1CC1. The quantitative estimate of drug-likeness (QED) is 0.681. The highest BCUT2D eigenvalue weighted by molar-refractivity contribution is 5.03. The topological polar surface area (TPSA) is 44.7 Å². The number of hydrogen-bond acceptors (Lipinski definition) is 4. The summed E-state index contributed by atoms with van der Waals surface area (Å²) in [6.45, 7) is 8.08. The molecule has 1 heterocycles. The molecule has 4 nitrogen and oxygen atoms in total. The molecule has 1 saturated carbocycles. The molecule has 2 N–H and O–H groups in total. The minimum Gasteiger partial charge on any atom is -0.394 e. The van der Waals surface area contributed by atoms with E-state index in [9.17, 15) is 5.11 Å². The molecule has 1 unspecified atom stereocenters.